The zero-order valence-corrected chi connectivity index (χ0v) is 22.1. The van der Waals surface area contributed by atoms with Crippen LogP contribution in [0.25, 0.3) is 0 Å². The predicted octanol–water partition coefficient (Wildman–Crippen LogP) is 2.47. The Labute approximate surface area is 226 Å². The molecule has 38 heavy (non-hydrogen) atoms. The van der Waals surface area contributed by atoms with Gasteiger partial charge in [-0.05, 0) is 35.9 Å². The molecular weight excluding hydrogens is 512 g/mol. The Hall–Kier alpha value is -3.40. The van der Waals surface area contributed by atoms with Gasteiger partial charge in [-0.2, -0.15) is 0 Å². The summed E-state index contributed by atoms with van der Waals surface area (Å²) in [5.74, 6) is -1.17. The van der Waals surface area contributed by atoms with Crippen LogP contribution < -0.4 is 14.8 Å². The lowest BCUT2D eigenvalue weighted by Crippen LogP contribution is -2.56. The lowest BCUT2D eigenvalue weighted by atomic mass is 9.77. The highest BCUT2D eigenvalue weighted by Crippen LogP contribution is 2.51. The van der Waals surface area contributed by atoms with Gasteiger partial charge in [0.25, 0.3) is 0 Å². The molecule has 2 aromatic carbocycles. The van der Waals surface area contributed by atoms with E-state index in [1.807, 2.05) is 0 Å². The molecule has 2 aliphatic rings. The second kappa shape index (κ2) is 11.6. The Morgan fingerprint density at radius 1 is 1.24 bits per heavy atom. The number of hydrogen-bond donors (Lipinski definition) is 3. The van der Waals surface area contributed by atoms with Crippen molar-refractivity contribution in [1.29, 1.82) is 0 Å². The number of ether oxygens (including phenoxy) is 2. The second-order valence-electron chi connectivity index (χ2n) is 9.65. The molecule has 202 valence electrons. The Morgan fingerprint density at radius 2 is 1.95 bits per heavy atom. The molecule has 1 heterocycles. The lowest BCUT2D eigenvalue weighted by Gasteiger charge is -2.41. The van der Waals surface area contributed by atoms with Gasteiger partial charge in [0.1, 0.15) is 18.5 Å². The van der Waals surface area contributed by atoms with E-state index in [2.05, 4.69) is 5.32 Å². The number of methoxy groups -OCH3 is 1. The molecule has 0 radical (unpaired) electrons. The molecule has 0 saturated carbocycles. The minimum Gasteiger partial charge on any atom is -0.493 e. The Morgan fingerprint density at radius 3 is 2.55 bits per heavy atom. The Balaban J connectivity index is 1.83. The zero-order chi connectivity index (χ0) is 27.6. The molecule has 2 amide bonds. The van der Waals surface area contributed by atoms with Gasteiger partial charge in [-0.25, -0.2) is 0 Å². The van der Waals surface area contributed by atoms with Gasteiger partial charge in [0.05, 0.1) is 25.7 Å². The average molecular weight is 543 g/mol. The molecule has 0 spiro atoms. The number of carbonyl (C=O) groups excluding carboxylic acids is 3. The number of carbonyl (C=O) groups is 3. The first-order valence-electron chi connectivity index (χ1n) is 12.4. The number of aldehydes is 1. The van der Waals surface area contributed by atoms with Crippen molar-refractivity contribution in [2.45, 2.75) is 44.6 Å². The summed E-state index contributed by atoms with van der Waals surface area (Å²) in [6, 6.07) is 9.28. The van der Waals surface area contributed by atoms with Crippen LogP contribution in [0.1, 0.15) is 41.3 Å². The summed E-state index contributed by atoms with van der Waals surface area (Å²) in [5.41, 5.74) is 1.92. The van der Waals surface area contributed by atoms with E-state index in [9.17, 15) is 24.6 Å². The van der Waals surface area contributed by atoms with Crippen molar-refractivity contribution in [2.24, 2.45) is 5.92 Å². The molecule has 4 atom stereocenters. The van der Waals surface area contributed by atoms with Crippen LogP contribution in [-0.4, -0.2) is 71.7 Å². The maximum absolute atomic E-state index is 13.4. The molecule has 0 fully saturated rings. The van der Waals surface area contributed by atoms with Gasteiger partial charge in [0.2, 0.25) is 11.8 Å². The standard InChI is InChI=1S/C28H31ClN2O7/c1-15(2)28(36)31(13-16-4-6-18(29)7-5-16)21-12-20(27(35)30-8-9-32)23-19-10-17(14-33)11-22(37-3)25(19)38-26(23)24(21)34/h4-7,10-12,14-15,21,23-24,26,32,34H,8-9,13H2,1-3H3,(H,30,35)/t21-,23+,24+,26+/m1/s1. The van der Waals surface area contributed by atoms with Crippen LogP contribution in [0.3, 0.4) is 0 Å². The smallest absolute Gasteiger partial charge is 0.247 e. The van der Waals surface area contributed by atoms with Crippen molar-refractivity contribution in [2.75, 3.05) is 20.3 Å². The first-order chi connectivity index (χ1) is 18.2. The van der Waals surface area contributed by atoms with E-state index < -0.39 is 30.1 Å². The van der Waals surface area contributed by atoms with Crippen molar-refractivity contribution in [3.8, 4) is 11.5 Å². The van der Waals surface area contributed by atoms with Gasteiger partial charge in [0, 0.05) is 40.7 Å². The summed E-state index contributed by atoms with van der Waals surface area (Å²) >= 11 is 6.04. The summed E-state index contributed by atoms with van der Waals surface area (Å²) in [4.78, 5) is 39.9. The average Bonchev–Trinajstić information content (AvgIpc) is 3.31. The van der Waals surface area contributed by atoms with E-state index in [0.717, 1.165) is 5.56 Å². The van der Waals surface area contributed by atoms with Crippen LogP contribution in [0.15, 0.2) is 48.0 Å². The van der Waals surface area contributed by atoms with E-state index in [-0.39, 0.29) is 37.1 Å². The Bertz CT molecular complexity index is 1240. The molecular formula is C28H31ClN2O7. The number of nitrogens with one attached hydrogen (secondary N) is 1. The van der Waals surface area contributed by atoms with Crippen LogP contribution in [-0.2, 0) is 16.1 Å². The number of amides is 2. The molecule has 3 N–H and O–H groups in total. The maximum Gasteiger partial charge on any atom is 0.247 e. The summed E-state index contributed by atoms with van der Waals surface area (Å²) in [6.45, 7) is 3.46. The molecule has 4 rings (SSSR count). The largest absolute Gasteiger partial charge is 0.493 e. The number of benzene rings is 2. The van der Waals surface area contributed by atoms with E-state index in [1.165, 1.54) is 18.1 Å². The molecule has 0 unspecified atom stereocenters. The number of fused-ring (bicyclic) bond motifs is 3. The van der Waals surface area contributed by atoms with Crippen molar-refractivity contribution in [3.05, 3.63) is 69.8 Å². The minimum atomic E-state index is -1.21. The second-order valence-corrected chi connectivity index (χ2v) is 10.1. The number of aliphatic hydroxyl groups excluding tert-OH is 2. The third-order valence-electron chi connectivity index (χ3n) is 6.81. The number of halogens is 1. The fourth-order valence-corrected chi connectivity index (χ4v) is 5.13. The summed E-state index contributed by atoms with van der Waals surface area (Å²) in [6.07, 6.45) is 0.120. The third-order valence-corrected chi connectivity index (χ3v) is 7.07. The molecule has 1 aliphatic heterocycles. The Kier molecular flexibility index (Phi) is 8.40. The van der Waals surface area contributed by atoms with E-state index in [0.29, 0.717) is 33.9 Å². The zero-order valence-electron chi connectivity index (χ0n) is 21.4. The highest BCUT2D eigenvalue weighted by Gasteiger charge is 2.51. The molecule has 1 aliphatic carbocycles. The molecule has 0 aromatic heterocycles. The highest BCUT2D eigenvalue weighted by atomic mass is 35.5. The molecule has 2 aromatic rings. The van der Waals surface area contributed by atoms with Gasteiger partial charge in [-0.3, -0.25) is 14.4 Å². The van der Waals surface area contributed by atoms with Crippen LogP contribution in [0.5, 0.6) is 11.5 Å². The number of aliphatic hydroxyl groups is 2. The lowest BCUT2D eigenvalue weighted by molar-refractivity contribution is -0.141. The first-order valence-corrected chi connectivity index (χ1v) is 12.8. The van der Waals surface area contributed by atoms with Crippen LogP contribution in [0.4, 0.5) is 0 Å². The van der Waals surface area contributed by atoms with Gasteiger partial charge in [0.15, 0.2) is 11.5 Å². The van der Waals surface area contributed by atoms with Crippen molar-refractivity contribution >= 4 is 29.7 Å². The summed E-state index contributed by atoms with van der Waals surface area (Å²) in [7, 11) is 1.44. The number of hydrogen-bond acceptors (Lipinski definition) is 7. The molecule has 0 bridgehead atoms. The van der Waals surface area contributed by atoms with Crippen LogP contribution in [0, 0.1) is 5.92 Å². The summed E-state index contributed by atoms with van der Waals surface area (Å²) < 4.78 is 11.6. The van der Waals surface area contributed by atoms with Crippen LogP contribution in [0.2, 0.25) is 5.02 Å². The van der Waals surface area contributed by atoms with Gasteiger partial charge in [-0.1, -0.05) is 37.6 Å². The van der Waals surface area contributed by atoms with Crippen LogP contribution >= 0.6 is 11.6 Å². The van der Waals surface area contributed by atoms with Crippen molar-refractivity contribution < 1.29 is 34.1 Å². The van der Waals surface area contributed by atoms with E-state index >= 15 is 0 Å². The minimum absolute atomic E-state index is 0.0195. The summed E-state index contributed by atoms with van der Waals surface area (Å²) in [5, 5.41) is 24.1. The van der Waals surface area contributed by atoms with Gasteiger partial charge < -0.3 is 29.9 Å². The van der Waals surface area contributed by atoms with Crippen molar-refractivity contribution in [3.63, 3.8) is 0 Å². The van der Waals surface area contributed by atoms with Gasteiger partial charge >= 0.3 is 0 Å². The van der Waals surface area contributed by atoms with E-state index in [1.54, 1.807) is 50.3 Å². The normalized spacial score (nSPS) is 21.6. The first kappa shape index (κ1) is 27.6. The molecule has 9 nitrogen and oxygen atoms in total. The van der Waals surface area contributed by atoms with Gasteiger partial charge in [-0.15, -0.1) is 0 Å². The quantitative estimate of drug-likeness (QED) is 0.416. The molecule has 10 heteroatoms. The van der Waals surface area contributed by atoms with E-state index in [4.69, 9.17) is 21.1 Å². The molecule has 0 saturated heterocycles. The number of nitrogens with zero attached hydrogens (tertiary/aromatic N) is 1. The predicted molar refractivity (Wildman–Crippen MR) is 140 cm³/mol. The number of rotatable bonds is 9. The monoisotopic (exact) mass is 542 g/mol. The third kappa shape index (κ3) is 5.27. The maximum atomic E-state index is 13.4. The fraction of sp³-hybridized carbons (Fsp3) is 0.393. The van der Waals surface area contributed by atoms with Crippen molar-refractivity contribution in [1.82, 2.24) is 10.2 Å². The SMILES string of the molecule is COc1cc(C=O)cc2c1O[C@@H]1[C@@H](O)[C@H](N(Cc3ccc(Cl)cc3)C(=O)C(C)C)C=C(C(=O)NCCO)[C@H]21. The topological polar surface area (TPSA) is 125 Å². The highest BCUT2D eigenvalue weighted by molar-refractivity contribution is 6.30. The fourth-order valence-electron chi connectivity index (χ4n) is 5.01.